The van der Waals surface area contributed by atoms with Crippen molar-refractivity contribution < 1.29 is 14.3 Å². The Hall–Kier alpha value is -2.34. The number of nitrogens with one attached hydrogen (secondary N) is 2. The Morgan fingerprint density at radius 1 is 1.33 bits per heavy atom. The van der Waals surface area contributed by atoms with Crippen molar-refractivity contribution in [3.05, 3.63) is 51.2 Å². The fourth-order valence-corrected chi connectivity index (χ4v) is 3.57. The molecule has 1 aromatic heterocycles. The van der Waals surface area contributed by atoms with Crippen molar-refractivity contribution in [1.82, 2.24) is 10.6 Å². The van der Waals surface area contributed by atoms with Crippen LogP contribution in [-0.4, -0.2) is 25.0 Å². The van der Waals surface area contributed by atoms with Crippen LogP contribution in [0.15, 0.2) is 29.0 Å². The van der Waals surface area contributed by atoms with E-state index in [4.69, 9.17) is 4.74 Å². The summed E-state index contributed by atoms with van der Waals surface area (Å²) in [4.78, 5) is 24.1. The first-order chi connectivity index (χ1) is 11.5. The molecule has 1 atom stereocenters. The van der Waals surface area contributed by atoms with Crippen molar-refractivity contribution >= 4 is 23.2 Å². The maximum Gasteiger partial charge on any atom is 0.252 e. The molecule has 2 aromatic rings. The third kappa shape index (κ3) is 3.59. The number of amides is 2. The van der Waals surface area contributed by atoms with Crippen LogP contribution in [0.2, 0.25) is 0 Å². The van der Waals surface area contributed by atoms with Gasteiger partial charge in [-0.15, -0.1) is 0 Å². The number of hydrogen-bond donors (Lipinski definition) is 2. The zero-order chi connectivity index (χ0) is 17.1. The smallest absolute Gasteiger partial charge is 0.252 e. The van der Waals surface area contributed by atoms with Crippen LogP contribution in [0.1, 0.15) is 39.5 Å². The second kappa shape index (κ2) is 7.05. The zero-order valence-corrected chi connectivity index (χ0v) is 14.5. The van der Waals surface area contributed by atoms with E-state index in [0.717, 1.165) is 28.9 Å². The molecule has 0 aliphatic carbocycles. The number of aryl methyl sites for hydroxylation is 2. The number of fused-ring (bicyclic) bond motifs is 1. The molecule has 24 heavy (non-hydrogen) atoms. The highest BCUT2D eigenvalue weighted by atomic mass is 32.1. The van der Waals surface area contributed by atoms with Crippen LogP contribution in [0.4, 0.5) is 0 Å². The summed E-state index contributed by atoms with van der Waals surface area (Å²) in [5, 5.41) is 9.23. The van der Waals surface area contributed by atoms with E-state index in [1.807, 2.05) is 19.2 Å². The molecule has 0 unspecified atom stereocenters. The molecule has 2 amide bonds. The van der Waals surface area contributed by atoms with E-state index in [0.29, 0.717) is 12.2 Å². The third-order valence-electron chi connectivity index (χ3n) is 4.00. The van der Waals surface area contributed by atoms with Gasteiger partial charge in [0.25, 0.3) is 5.91 Å². The molecule has 5 nitrogen and oxygen atoms in total. The molecule has 0 fully saturated rings. The van der Waals surface area contributed by atoms with Gasteiger partial charge in [0.15, 0.2) is 0 Å². The first-order valence-electron chi connectivity index (χ1n) is 7.88. The van der Waals surface area contributed by atoms with Crippen LogP contribution in [0.25, 0.3) is 0 Å². The zero-order valence-electron chi connectivity index (χ0n) is 13.7. The summed E-state index contributed by atoms with van der Waals surface area (Å²) in [5.74, 6) is 0.431. The minimum atomic E-state index is -0.231. The molecule has 0 spiro atoms. The standard InChI is InChI=1S/C18H20N2O3S/c1-11-7-12(2)17-14(8-11)15(3-5-23-17)20-16(21)9-19-18(22)13-4-6-24-10-13/h4,6-8,10,15H,3,5,9H2,1-2H3,(H,19,22)(H,20,21)/t15-/m1/s1. The molecule has 126 valence electrons. The predicted molar refractivity (Wildman–Crippen MR) is 93.6 cm³/mol. The Bertz CT molecular complexity index is 756. The second-order valence-electron chi connectivity index (χ2n) is 5.95. The van der Waals surface area contributed by atoms with Crippen molar-refractivity contribution in [2.45, 2.75) is 26.3 Å². The molecule has 0 saturated heterocycles. The molecular weight excluding hydrogens is 324 g/mol. The summed E-state index contributed by atoms with van der Waals surface area (Å²) in [6.45, 7) is 4.58. The maximum absolute atomic E-state index is 12.2. The summed E-state index contributed by atoms with van der Waals surface area (Å²) < 4.78 is 5.75. The van der Waals surface area contributed by atoms with Crippen molar-refractivity contribution in [3.63, 3.8) is 0 Å². The van der Waals surface area contributed by atoms with E-state index in [-0.39, 0.29) is 24.4 Å². The quantitative estimate of drug-likeness (QED) is 0.896. The molecule has 1 aromatic carbocycles. The third-order valence-corrected chi connectivity index (χ3v) is 4.69. The first-order valence-corrected chi connectivity index (χ1v) is 8.82. The number of rotatable bonds is 4. The van der Waals surface area contributed by atoms with Gasteiger partial charge >= 0.3 is 0 Å². The minimum Gasteiger partial charge on any atom is -0.493 e. The Morgan fingerprint density at radius 3 is 2.92 bits per heavy atom. The van der Waals surface area contributed by atoms with E-state index in [9.17, 15) is 9.59 Å². The molecule has 3 rings (SSSR count). The topological polar surface area (TPSA) is 67.4 Å². The fourth-order valence-electron chi connectivity index (χ4n) is 2.93. The van der Waals surface area contributed by atoms with Crippen LogP contribution < -0.4 is 15.4 Å². The van der Waals surface area contributed by atoms with E-state index >= 15 is 0 Å². The molecule has 0 bridgehead atoms. The van der Waals surface area contributed by atoms with E-state index in [2.05, 4.69) is 22.8 Å². The number of benzene rings is 1. The monoisotopic (exact) mass is 344 g/mol. The Morgan fingerprint density at radius 2 is 2.17 bits per heavy atom. The summed E-state index contributed by atoms with van der Waals surface area (Å²) in [6.07, 6.45) is 0.722. The van der Waals surface area contributed by atoms with Gasteiger partial charge in [-0.05, 0) is 30.9 Å². The van der Waals surface area contributed by atoms with Crippen molar-refractivity contribution in [2.24, 2.45) is 0 Å². The second-order valence-corrected chi connectivity index (χ2v) is 6.73. The van der Waals surface area contributed by atoms with Crippen LogP contribution in [-0.2, 0) is 4.79 Å². The molecule has 0 saturated carbocycles. The van der Waals surface area contributed by atoms with Crippen LogP contribution in [0, 0.1) is 13.8 Å². The van der Waals surface area contributed by atoms with Gasteiger partial charge in [-0.3, -0.25) is 9.59 Å². The van der Waals surface area contributed by atoms with Gasteiger partial charge in [0, 0.05) is 22.9 Å². The lowest BCUT2D eigenvalue weighted by atomic mass is 9.95. The lowest BCUT2D eigenvalue weighted by molar-refractivity contribution is -0.121. The molecule has 2 heterocycles. The fraction of sp³-hybridized carbons (Fsp3) is 0.333. The van der Waals surface area contributed by atoms with Crippen LogP contribution in [0.5, 0.6) is 5.75 Å². The SMILES string of the molecule is Cc1cc(C)c2c(c1)[C@H](NC(=O)CNC(=O)c1ccsc1)CCO2. The Kier molecular flexibility index (Phi) is 4.85. The van der Waals surface area contributed by atoms with Gasteiger partial charge in [-0.2, -0.15) is 11.3 Å². The van der Waals surface area contributed by atoms with Gasteiger partial charge in [0.05, 0.1) is 19.2 Å². The van der Waals surface area contributed by atoms with Crippen molar-refractivity contribution in [2.75, 3.05) is 13.2 Å². The largest absolute Gasteiger partial charge is 0.493 e. The Labute approximate surface area is 145 Å². The first kappa shape index (κ1) is 16.5. The van der Waals surface area contributed by atoms with Crippen LogP contribution in [0.3, 0.4) is 0 Å². The molecule has 2 N–H and O–H groups in total. The van der Waals surface area contributed by atoms with E-state index < -0.39 is 0 Å². The van der Waals surface area contributed by atoms with Gasteiger partial charge in [0.1, 0.15) is 5.75 Å². The maximum atomic E-state index is 12.2. The van der Waals surface area contributed by atoms with Gasteiger partial charge in [-0.25, -0.2) is 0 Å². The number of carbonyl (C=O) groups is 2. The van der Waals surface area contributed by atoms with Crippen LogP contribution >= 0.6 is 11.3 Å². The summed E-state index contributed by atoms with van der Waals surface area (Å²) in [6, 6.07) is 5.77. The normalized spacial score (nSPS) is 16.0. The molecular formula is C18H20N2O3S. The van der Waals surface area contributed by atoms with Gasteiger partial charge < -0.3 is 15.4 Å². The highest BCUT2D eigenvalue weighted by molar-refractivity contribution is 7.08. The summed E-state index contributed by atoms with van der Waals surface area (Å²) in [7, 11) is 0. The number of hydrogen-bond acceptors (Lipinski definition) is 4. The molecule has 6 heteroatoms. The summed E-state index contributed by atoms with van der Waals surface area (Å²) in [5.41, 5.74) is 3.81. The average Bonchev–Trinajstić information content (AvgIpc) is 3.08. The Balaban J connectivity index is 1.63. The highest BCUT2D eigenvalue weighted by Gasteiger charge is 2.24. The number of thiophene rings is 1. The predicted octanol–water partition coefficient (Wildman–Crippen LogP) is 2.73. The highest BCUT2D eigenvalue weighted by Crippen LogP contribution is 2.35. The van der Waals surface area contributed by atoms with Gasteiger partial charge in [0.2, 0.25) is 5.91 Å². The van der Waals surface area contributed by atoms with E-state index in [1.165, 1.54) is 11.3 Å². The number of carbonyl (C=O) groups excluding carboxylic acids is 2. The number of ether oxygens (including phenoxy) is 1. The van der Waals surface area contributed by atoms with Crippen molar-refractivity contribution in [1.29, 1.82) is 0 Å². The lowest BCUT2D eigenvalue weighted by Gasteiger charge is -2.28. The molecule has 1 aliphatic heterocycles. The van der Waals surface area contributed by atoms with E-state index in [1.54, 1.807) is 11.4 Å². The minimum absolute atomic E-state index is 0.0355. The molecule has 0 radical (unpaired) electrons. The van der Waals surface area contributed by atoms with Crippen molar-refractivity contribution in [3.8, 4) is 5.75 Å². The molecule has 1 aliphatic rings. The average molecular weight is 344 g/mol. The lowest BCUT2D eigenvalue weighted by Crippen LogP contribution is -2.40. The summed E-state index contributed by atoms with van der Waals surface area (Å²) >= 11 is 1.45. The van der Waals surface area contributed by atoms with Gasteiger partial charge in [-0.1, -0.05) is 17.7 Å².